The second-order valence-corrected chi connectivity index (χ2v) is 7.79. The highest BCUT2D eigenvalue weighted by atomic mass is 16.3. The summed E-state index contributed by atoms with van der Waals surface area (Å²) in [6.45, 7) is 4.35. The van der Waals surface area contributed by atoms with Crippen LogP contribution in [-0.2, 0) is 22.4 Å². The average molecular weight is 398 g/mol. The molecule has 0 aromatic heterocycles. The lowest BCUT2D eigenvalue weighted by molar-refractivity contribution is -0.141. The first kappa shape index (κ1) is 22.4. The number of phenolic OH excluding ortho intramolecular Hbond substituents is 1. The maximum absolute atomic E-state index is 13.2. The van der Waals surface area contributed by atoms with E-state index in [-0.39, 0.29) is 17.6 Å². The fourth-order valence-electron chi connectivity index (χ4n) is 3.34. The third-order valence-electron chi connectivity index (χ3n) is 4.88. The molecule has 0 spiro atoms. The molecule has 2 atom stereocenters. The molecule has 6 heteroatoms. The first-order valence-corrected chi connectivity index (χ1v) is 9.95. The summed E-state index contributed by atoms with van der Waals surface area (Å²) >= 11 is 0. The molecule has 2 aromatic rings. The van der Waals surface area contributed by atoms with Gasteiger partial charge >= 0.3 is 0 Å². The maximum atomic E-state index is 13.2. The van der Waals surface area contributed by atoms with E-state index in [4.69, 9.17) is 11.5 Å². The Balaban J connectivity index is 2.19. The van der Waals surface area contributed by atoms with Gasteiger partial charge in [-0.2, -0.15) is 0 Å². The lowest BCUT2D eigenvalue weighted by atomic mass is 9.98. The lowest BCUT2D eigenvalue weighted by Gasteiger charge is -2.33. The Morgan fingerprint density at radius 3 is 2.17 bits per heavy atom. The molecule has 0 saturated carbocycles. The van der Waals surface area contributed by atoms with Gasteiger partial charge in [0, 0.05) is 6.54 Å². The lowest BCUT2D eigenvalue weighted by Crippen LogP contribution is -2.54. The van der Waals surface area contributed by atoms with Gasteiger partial charge in [-0.25, -0.2) is 0 Å². The van der Waals surface area contributed by atoms with E-state index in [1.54, 1.807) is 29.2 Å². The molecule has 0 fully saturated rings. The molecule has 2 amide bonds. The number of carbonyl (C=O) groups is 2. The highest BCUT2D eigenvalue weighted by Gasteiger charge is 2.31. The molecule has 0 radical (unpaired) electrons. The molecule has 0 saturated heterocycles. The van der Waals surface area contributed by atoms with E-state index < -0.39 is 18.0 Å². The average Bonchev–Trinajstić information content (AvgIpc) is 2.69. The van der Waals surface area contributed by atoms with Gasteiger partial charge in [-0.15, -0.1) is 0 Å². The second kappa shape index (κ2) is 10.6. The molecule has 0 aliphatic rings. The number of primary amides is 1. The van der Waals surface area contributed by atoms with E-state index in [0.717, 1.165) is 11.1 Å². The quantitative estimate of drug-likeness (QED) is 0.571. The molecular formula is C23H31N3O3. The van der Waals surface area contributed by atoms with Crippen LogP contribution in [0.5, 0.6) is 5.75 Å². The first-order valence-electron chi connectivity index (χ1n) is 9.95. The van der Waals surface area contributed by atoms with Crippen LogP contribution in [0.25, 0.3) is 0 Å². The number of phenols is 1. The molecule has 0 bridgehead atoms. The van der Waals surface area contributed by atoms with E-state index in [2.05, 4.69) is 0 Å². The molecule has 0 heterocycles. The van der Waals surface area contributed by atoms with E-state index in [1.807, 2.05) is 44.2 Å². The number of amides is 2. The van der Waals surface area contributed by atoms with Crippen LogP contribution in [0.15, 0.2) is 54.6 Å². The fraction of sp³-hybridized carbons (Fsp3) is 0.391. The minimum atomic E-state index is -0.802. The highest BCUT2D eigenvalue weighted by molar-refractivity contribution is 5.89. The zero-order valence-corrected chi connectivity index (χ0v) is 17.1. The molecule has 0 aliphatic heterocycles. The van der Waals surface area contributed by atoms with Crippen LogP contribution in [0.4, 0.5) is 0 Å². The van der Waals surface area contributed by atoms with Crippen molar-refractivity contribution in [3.63, 3.8) is 0 Å². The minimum absolute atomic E-state index is 0.156. The summed E-state index contributed by atoms with van der Waals surface area (Å²) < 4.78 is 0. The monoisotopic (exact) mass is 397 g/mol. The van der Waals surface area contributed by atoms with Crippen LogP contribution in [0.2, 0.25) is 0 Å². The van der Waals surface area contributed by atoms with Crippen LogP contribution in [0.3, 0.4) is 0 Å². The number of carbonyl (C=O) groups excluding carboxylic acids is 2. The molecule has 5 N–H and O–H groups in total. The van der Waals surface area contributed by atoms with E-state index in [1.165, 1.54) is 0 Å². The standard InChI is InChI=1S/C23H31N3O3/c1-16(2)14-21(22(25)28)26(13-12-17-6-4-3-5-7-17)23(29)20(24)15-18-8-10-19(27)11-9-18/h3-11,16,20-21,27H,12-15,24H2,1-2H3,(H2,25,28)/t20-,21-/m0/s1. The van der Waals surface area contributed by atoms with Crippen LogP contribution < -0.4 is 11.5 Å². The van der Waals surface area contributed by atoms with Gasteiger partial charge in [-0.1, -0.05) is 56.3 Å². The molecule has 6 nitrogen and oxygen atoms in total. The fourth-order valence-corrected chi connectivity index (χ4v) is 3.34. The van der Waals surface area contributed by atoms with Crippen molar-refractivity contribution in [1.82, 2.24) is 4.90 Å². The summed E-state index contributed by atoms with van der Waals surface area (Å²) in [7, 11) is 0. The zero-order chi connectivity index (χ0) is 21.4. The van der Waals surface area contributed by atoms with Crippen LogP contribution in [-0.4, -0.2) is 40.4 Å². The van der Waals surface area contributed by atoms with Gasteiger partial charge < -0.3 is 21.5 Å². The Labute approximate surface area is 172 Å². The normalized spacial score (nSPS) is 13.1. The largest absolute Gasteiger partial charge is 0.508 e. The minimum Gasteiger partial charge on any atom is -0.508 e. The summed E-state index contributed by atoms with van der Waals surface area (Å²) in [6.07, 6.45) is 1.41. The molecule has 0 aliphatic carbocycles. The van der Waals surface area contributed by atoms with Crippen molar-refractivity contribution < 1.29 is 14.7 Å². The predicted molar refractivity (Wildman–Crippen MR) is 114 cm³/mol. The van der Waals surface area contributed by atoms with Crippen molar-refractivity contribution in [2.75, 3.05) is 6.54 Å². The van der Waals surface area contributed by atoms with E-state index in [9.17, 15) is 14.7 Å². The summed E-state index contributed by atoms with van der Waals surface area (Å²) in [4.78, 5) is 26.9. The van der Waals surface area contributed by atoms with Gasteiger partial charge in [0.15, 0.2) is 0 Å². The Bertz CT molecular complexity index is 791. The van der Waals surface area contributed by atoms with Gasteiger partial charge in [0.2, 0.25) is 11.8 Å². The topological polar surface area (TPSA) is 110 Å². The van der Waals surface area contributed by atoms with Gasteiger partial charge in [-0.3, -0.25) is 9.59 Å². The molecule has 156 valence electrons. The molecular weight excluding hydrogens is 366 g/mol. The van der Waals surface area contributed by atoms with E-state index in [0.29, 0.717) is 25.8 Å². The van der Waals surface area contributed by atoms with Crippen molar-refractivity contribution >= 4 is 11.8 Å². The predicted octanol–water partition coefficient (Wildman–Crippen LogP) is 2.23. The van der Waals surface area contributed by atoms with Crippen molar-refractivity contribution in [1.29, 1.82) is 0 Å². The van der Waals surface area contributed by atoms with Crippen LogP contribution in [0.1, 0.15) is 31.4 Å². The van der Waals surface area contributed by atoms with Crippen molar-refractivity contribution in [2.24, 2.45) is 17.4 Å². The number of aromatic hydroxyl groups is 1. The number of hydrogen-bond donors (Lipinski definition) is 3. The van der Waals surface area contributed by atoms with Crippen LogP contribution in [0, 0.1) is 5.92 Å². The first-order chi connectivity index (χ1) is 13.8. The highest BCUT2D eigenvalue weighted by Crippen LogP contribution is 2.16. The van der Waals surface area contributed by atoms with Crippen LogP contribution >= 0.6 is 0 Å². The Morgan fingerprint density at radius 2 is 1.62 bits per heavy atom. The summed E-state index contributed by atoms with van der Waals surface area (Å²) in [5, 5.41) is 9.43. The molecule has 29 heavy (non-hydrogen) atoms. The Kier molecular flexibility index (Phi) is 8.21. The molecule has 2 rings (SSSR count). The maximum Gasteiger partial charge on any atom is 0.240 e. The van der Waals surface area contributed by atoms with Gasteiger partial charge in [0.05, 0.1) is 6.04 Å². The third kappa shape index (κ3) is 6.91. The zero-order valence-electron chi connectivity index (χ0n) is 17.1. The number of hydrogen-bond acceptors (Lipinski definition) is 4. The number of nitrogens with zero attached hydrogens (tertiary/aromatic N) is 1. The number of rotatable bonds is 10. The van der Waals surface area contributed by atoms with Gasteiger partial charge in [-0.05, 0) is 48.4 Å². The smallest absolute Gasteiger partial charge is 0.240 e. The Morgan fingerprint density at radius 1 is 1.00 bits per heavy atom. The SMILES string of the molecule is CC(C)C[C@@H](C(N)=O)N(CCc1ccccc1)C(=O)[C@@H](N)Cc1ccc(O)cc1. The molecule has 2 aromatic carbocycles. The second-order valence-electron chi connectivity index (χ2n) is 7.79. The summed E-state index contributed by atoms with van der Waals surface area (Å²) in [5.41, 5.74) is 13.8. The number of benzene rings is 2. The van der Waals surface area contributed by atoms with Crippen molar-refractivity contribution in [2.45, 2.75) is 45.2 Å². The summed E-state index contributed by atoms with van der Waals surface area (Å²) in [5.74, 6) is -0.452. The van der Waals surface area contributed by atoms with Gasteiger partial charge in [0.1, 0.15) is 11.8 Å². The van der Waals surface area contributed by atoms with Crippen molar-refractivity contribution in [3.05, 3.63) is 65.7 Å². The third-order valence-corrected chi connectivity index (χ3v) is 4.88. The van der Waals surface area contributed by atoms with Gasteiger partial charge in [0.25, 0.3) is 0 Å². The van der Waals surface area contributed by atoms with Crippen molar-refractivity contribution in [3.8, 4) is 5.75 Å². The molecule has 0 unspecified atom stereocenters. The summed E-state index contributed by atoms with van der Waals surface area (Å²) in [6, 6.07) is 14.9. The van der Waals surface area contributed by atoms with E-state index >= 15 is 0 Å². The number of nitrogens with two attached hydrogens (primary N) is 2. The Hall–Kier alpha value is -2.86.